The van der Waals surface area contributed by atoms with E-state index in [0.29, 0.717) is 0 Å². The molecule has 0 atom stereocenters. The molecular weight excluding hydrogens is 348 g/mol. The maximum absolute atomic E-state index is 4.16. The minimum Gasteiger partial charge on any atom is -0.0988 e. The van der Waals surface area contributed by atoms with Gasteiger partial charge in [0, 0.05) is 0 Å². The summed E-state index contributed by atoms with van der Waals surface area (Å²) in [6.45, 7) is 22.0. The van der Waals surface area contributed by atoms with Crippen molar-refractivity contribution in [3.63, 3.8) is 0 Å². The minimum atomic E-state index is 0.208. The van der Waals surface area contributed by atoms with E-state index in [4.69, 9.17) is 0 Å². The van der Waals surface area contributed by atoms with E-state index in [1.54, 1.807) is 0 Å². The van der Waals surface area contributed by atoms with Gasteiger partial charge in [-0.3, -0.25) is 0 Å². The average molecular weight is 389 g/mol. The fraction of sp³-hybridized carbons (Fsp3) is 0.448. The second-order valence-electron chi connectivity index (χ2n) is 9.86. The summed E-state index contributed by atoms with van der Waals surface area (Å²) in [4.78, 5) is 0. The summed E-state index contributed by atoms with van der Waals surface area (Å²) in [5, 5.41) is 0. The highest BCUT2D eigenvalue weighted by Gasteiger charge is 2.36. The van der Waals surface area contributed by atoms with Crippen molar-refractivity contribution in [3.05, 3.63) is 83.5 Å². The van der Waals surface area contributed by atoms with Gasteiger partial charge in [-0.05, 0) is 65.7 Å². The SMILES string of the molecule is C=CC1=C(/C=C(\C/C=C/c2ccc(C(=C)C)cc2)CCC)C(C)(C)CCC1(C)C. The summed E-state index contributed by atoms with van der Waals surface area (Å²) in [6.07, 6.45) is 14.9. The Morgan fingerprint density at radius 3 is 2.10 bits per heavy atom. The molecular formula is C29H40. The average Bonchev–Trinajstić information content (AvgIpc) is 2.66. The lowest BCUT2D eigenvalue weighted by Gasteiger charge is -2.42. The van der Waals surface area contributed by atoms with Gasteiger partial charge in [0.1, 0.15) is 0 Å². The molecule has 2 rings (SSSR count). The van der Waals surface area contributed by atoms with Gasteiger partial charge in [0.25, 0.3) is 0 Å². The van der Waals surface area contributed by atoms with Crippen LogP contribution < -0.4 is 0 Å². The van der Waals surface area contributed by atoms with Crippen LogP contribution in [0, 0.1) is 10.8 Å². The highest BCUT2D eigenvalue weighted by Crippen LogP contribution is 2.50. The molecule has 1 aromatic rings. The first-order valence-electron chi connectivity index (χ1n) is 11.1. The molecule has 156 valence electrons. The molecule has 0 amide bonds. The van der Waals surface area contributed by atoms with Gasteiger partial charge in [0.2, 0.25) is 0 Å². The lowest BCUT2D eigenvalue weighted by molar-refractivity contribution is 0.273. The van der Waals surface area contributed by atoms with Crippen molar-refractivity contribution in [2.45, 2.75) is 73.6 Å². The molecule has 0 spiro atoms. The van der Waals surface area contributed by atoms with Crippen LogP contribution in [0.25, 0.3) is 11.6 Å². The summed E-state index contributed by atoms with van der Waals surface area (Å²) in [7, 11) is 0. The number of benzene rings is 1. The zero-order valence-corrected chi connectivity index (χ0v) is 19.6. The Hall–Kier alpha value is -2.08. The molecule has 0 nitrogen and oxygen atoms in total. The third-order valence-electron chi connectivity index (χ3n) is 6.34. The molecule has 0 unspecified atom stereocenters. The van der Waals surface area contributed by atoms with Gasteiger partial charge >= 0.3 is 0 Å². The second kappa shape index (κ2) is 9.61. The Morgan fingerprint density at radius 1 is 1.00 bits per heavy atom. The van der Waals surface area contributed by atoms with Crippen LogP contribution in [0.3, 0.4) is 0 Å². The van der Waals surface area contributed by atoms with E-state index in [1.807, 2.05) is 6.92 Å². The highest BCUT2D eigenvalue weighted by atomic mass is 14.4. The first-order valence-corrected chi connectivity index (χ1v) is 11.1. The number of hydrogen-bond acceptors (Lipinski definition) is 0. The van der Waals surface area contributed by atoms with Gasteiger partial charge in [-0.2, -0.15) is 0 Å². The molecule has 0 saturated carbocycles. The van der Waals surface area contributed by atoms with Crippen LogP contribution in [0.1, 0.15) is 84.8 Å². The number of hydrogen-bond donors (Lipinski definition) is 0. The summed E-state index contributed by atoms with van der Waals surface area (Å²) in [6, 6.07) is 8.65. The van der Waals surface area contributed by atoms with Crippen molar-refractivity contribution in [2.75, 3.05) is 0 Å². The van der Waals surface area contributed by atoms with Gasteiger partial charge in [-0.15, -0.1) is 0 Å². The Bertz CT molecular complexity index is 819. The monoisotopic (exact) mass is 388 g/mol. The van der Waals surface area contributed by atoms with Crippen LogP contribution in [-0.4, -0.2) is 0 Å². The third kappa shape index (κ3) is 5.95. The molecule has 0 fully saturated rings. The molecule has 0 bridgehead atoms. The van der Waals surface area contributed by atoms with Gasteiger partial charge in [-0.25, -0.2) is 0 Å². The molecule has 0 heteroatoms. The molecule has 0 aromatic heterocycles. The van der Waals surface area contributed by atoms with Crippen LogP contribution in [-0.2, 0) is 0 Å². The van der Waals surface area contributed by atoms with Crippen molar-refractivity contribution in [1.29, 1.82) is 0 Å². The van der Waals surface area contributed by atoms with Crippen molar-refractivity contribution < 1.29 is 0 Å². The van der Waals surface area contributed by atoms with E-state index in [0.717, 1.165) is 18.4 Å². The van der Waals surface area contributed by atoms with Crippen LogP contribution in [0.15, 0.2) is 72.4 Å². The van der Waals surface area contributed by atoms with Gasteiger partial charge < -0.3 is 0 Å². The van der Waals surface area contributed by atoms with E-state index in [2.05, 4.69) is 96.3 Å². The summed E-state index contributed by atoms with van der Waals surface area (Å²) in [5.41, 5.74) is 8.42. The largest absolute Gasteiger partial charge is 0.0988 e. The zero-order chi connectivity index (χ0) is 21.7. The van der Waals surface area contributed by atoms with Gasteiger partial charge in [-0.1, -0.05) is 114 Å². The fourth-order valence-corrected chi connectivity index (χ4v) is 4.27. The van der Waals surface area contributed by atoms with E-state index < -0.39 is 0 Å². The second-order valence-corrected chi connectivity index (χ2v) is 9.86. The Morgan fingerprint density at radius 2 is 1.59 bits per heavy atom. The molecule has 1 aliphatic rings. The van der Waals surface area contributed by atoms with Crippen LogP contribution in [0.4, 0.5) is 0 Å². The zero-order valence-electron chi connectivity index (χ0n) is 19.6. The van der Waals surface area contributed by atoms with Gasteiger partial charge in [0.05, 0.1) is 0 Å². The standard InChI is InChI=1S/C29H40/c1-9-12-24(14-11-13-23-15-17-25(18-16-23)22(3)4)21-27-26(10-2)28(5,6)19-20-29(27,7)8/h10-11,13,15-18,21H,2-3,9,12,14,19-20H2,1,4-8H3/b13-11+,24-21-. The minimum absolute atomic E-state index is 0.208. The van der Waals surface area contributed by atoms with Gasteiger partial charge in [0.15, 0.2) is 0 Å². The highest BCUT2D eigenvalue weighted by molar-refractivity contribution is 5.63. The molecule has 0 saturated heterocycles. The van der Waals surface area contributed by atoms with Crippen molar-refractivity contribution in [3.8, 4) is 0 Å². The van der Waals surface area contributed by atoms with Crippen LogP contribution >= 0.6 is 0 Å². The van der Waals surface area contributed by atoms with E-state index in [-0.39, 0.29) is 10.8 Å². The summed E-state index contributed by atoms with van der Waals surface area (Å²) >= 11 is 0. The summed E-state index contributed by atoms with van der Waals surface area (Å²) in [5.74, 6) is 0. The van der Waals surface area contributed by atoms with E-state index >= 15 is 0 Å². The van der Waals surface area contributed by atoms with E-state index in [9.17, 15) is 0 Å². The molecule has 0 heterocycles. The lowest BCUT2D eigenvalue weighted by atomic mass is 9.62. The first-order chi connectivity index (χ1) is 13.6. The van der Waals surface area contributed by atoms with E-state index in [1.165, 1.54) is 47.1 Å². The van der Waals surface area contributed by atoms with Crippen LogP contribution in [0.5, 0.6) is 0 Å². The molecule has 1 aliphatic carbocycles. The summed E-state index contributed by atoms with van der Waals surface area (Å²) < 4.78 is 0. The maximum atomic E-state index is 4.16. The van der Waals surface area contributed by atoms with Crippen molar-refractivity contribution in [1.82, 2.24) is 0 Å². The molecule has 29 heavy (non-hydrogen) atoms. The quantitative estimate of drug-likeness (QED) is 0.416. The predicted octanol–water partition coefficient (Wildman–Crippen LogP) is 9.18. The molecule has 0 N–H and O–H groups in total. The Kier molecular flexibility index (Phi) is 7.69. The molecule has 1 aromatic carbocycles. The Balaban J connectivity index is 2.29. The topological polar surface area (TPSA) is 0 Å². The lowest BCUT2D eigenvalue weighted by Crippen LogP contribution is -2.29. The maximum Gasteiger partial charge on any atom is -0.0100 e. The normalized spacial score (nSPS) is 18.9. The molecule has 0 radical (unpaired) electrons. The fourth-order valence-electron chi connectivity index (χ4n) is 4.27. The molecule has 0 aliphatic heterocycles. The first kappa shape index (κ1) is 23.2. The number of rotatable bonds is 8. The number of allylic oxidation sites excluding steroid dienone is 7. The predicted molar refractivity (Wildman–Crippen MR) is 132 cm³/mol. The van der Waals surface area contributed by atoms with Crippen LogP contribution in [0.2, 0.25) is 0 Å². The van der Waals surface area contributed by atoms with Crippen molar-refractivity contribution in [2.24, 2.45) is 10.8 Å². The Labute approximate surface area is 179 Å². The van der Waals surface area contributed by atoms with Crippen molar-refractivity contribution >= 4 is 11.6 Å². The third-order valence-corrected chi connectivity index (χ3v) is 6.34. The smallest absolute Gasteiger partial charge is 0.0100 e.